The Balaban J connectivity index is 1.92. The maximum absolute atomic E-state index is 11.8. The van der Waals surface area contributed by atoms with Crippen LogP contribution in [0.1, 0.15) is 25.3 Å². The van der Waals surface area contributed by atoms with Crippen molar-refractivity contribution < 1.29 is 24.2 Å². The summed E-state index contributed by atoms with van der Waals surface area (Å²) in [4.78, 5) is 34.5. The monoisotopic (exact) mass is 305 g/mol. The van der Waals surface area contributed by atoms with Gasteiger partial charge in [-0.2, -0.15) is 0 Å². The Morgan fingerprint density at radius 1 is 1.36 bits per heavy atom. The number of nitrogens with one attached hydrogen (secondary N) is 1. The van der Waals surface area contributed by atoms with E-state index in [0.29, 0.717) is 6.61 Å². The second-order valence-corrected chi connectivity index (χ2v) is 5.72. The highest BCUT2D eigenvalue weighted by Crippen LogP contribution is 2.25. The van der Waals surface area contributed by atoms with Crippen LogP contribution < -0.4 is 5.32 Å². The molecule has 1 aromatic carbocycles. The van der Waals surface area contributed by atoms with Gasteiger partial charge < -0.3 is 15.2 Å². The number of benzene rings is 1. The molecule has 6 heteroatoms. The first-order valence-electron chi connectivity index (χ1n) is 7.09. The number of ketones is 1. The van der Waals surface area contributed by atoms with Gasteiger partial charge in [0.15, 0.2) is 5.78 Å². The smallest absolute Gasteiger partial charge is 0.308 e. The third-order valence-corrected chi connectivity index (χ3v) is 3.79. The van der Waals surface area contributed by atoms with E-state index in [0.717, 1.165) is 5.56 Å². The van der Waals surface area contributed by atoms with Crippen LogP contribution in [0.4, 0.5) is 0 Å². The number of hydrogen-bond donors (Lipinski definition) is 2. The van der Waals surface area contributed by atoms with Crippen LogP contribution in [-0.2, 0) is 25.7 Å². The van der Waals surface area contributed by atoms with Crippen molar-refractivity contribution in [3.63, 3.8) is 0 Å². The van der Waals surface area contributed by atoms with E-state index < -0.39 is 17.4 Å². The Morgan fingerprint density at radius 2 is 2.05 bits per heavy atom. The minimum absolute atomic E-state index is 0.0109. The molecule has 22 heavy (non-hydrogen) atoms. The summed E-state index contributed by atoms with van der Waals surface area (Å²) in [6, 6.07) is 9.41. The third kappa shape index (κ3) is 3.92. The van der Waals surface area contributed by atoms with E-state index in [1.165, 1.54) is 0 Å². The number of carbonyl (C=O) groups excluding carboxylic acids is 2. The van der Waals surface area contributed by atoms with Crippen LogP contribution in [0.2, 0.25) is 0 Å². The molecule has 1 aliphatic heterocycles. The summed E-state index contributed by atoms with van der Waals surface area (Å²) >= 11 is 0. The van der Waals surface area contributed by atoms with E-state index in [1.807, 2.05) is 30.3 Å². The molecule has 2 rings (SSSR count). The Hall–Kier alpha value is -2.21. The summed E-state index contributed by atoms with van der Waals surface area (Å²) in [5, 5.41) is 11.9. The van der Waals surface area contributed by atoms with E-state index in [4.69, 9.17) is 4.74 Å². The lowest BCUT2D eigenvalue weighted by atomic mass is 9.87. The van der Waals surface area contributed by atoms with Crippen LogP contribution in [0, 0.1) is 5.92 Å². The fourth-order valence-electron chi connectivity index (χ4n) is 2.53. The lowest BCUT2D eigenvalue weighted by Crippen LogP contribution is -2.46. The molecule has 118 valence electrons. The predicted octanol–water partition coefficient (Wildman–Crippen LogP) is 1.14. The van der Waals surface area contributed by atoms with Gasteiger partial charge >= 0.3 is 5.97 Å². The molecule has 2 unspecified atom stereocenters. The molecule has 1 aromatic rings. The summed E-state index contributed by atoms with van der Waals surface area (Å²) in [5.74, 6) is -2.52. The number of ether oxygens (including phenoxy) is 1. The van der Waals surface area contributed by atoms with Crippen LogP contribution >= 0.6 is 0 Å². The van der Waals surface area contributed by atoms with Crippen LogP contribution in [-0.4, -0.2) is 34.9 Å². The van der Waals surface area contributed by atoms with Crippen molar-refractivity contribution in [2.24, 2.45) is 5.92 Å². The van der Waals surface area contributed by atoms with Crippen molar-refractivity contribution >= 4 is 17.7 Å². The Morgan fingerprint density at radius 3 is 2.59 bits per heavy atom. The van der Waals surface area contributed by atoms with Crippen molar-refractivity contribution in [3.8, 4) is 0 Å². The number of carboxylic acids is 1. The quantitative estimate of drug-likeness (QED) is 0.737. The molecule has 1 heterocycles. The molecular weight excluding hydrogens is 286 g/mol. The molecule has 0 spiro atoms. The van der Waals surface area contributed by atoms with E-state index >= 15 is 0 Å². The van der Waals surface area contributed by atoms with E-state index in [9.17, 15) is 19.5 Å². The van der Waals surface area contributed by atoms with Crippen molar-refractivity contribution in [1.82, 2.24) is 5.32 Å². The first-order chi connectivity index (χ1) is 10.4. The molecular formula is C16H19NO5. The molecule has 0 aromatic heterocycles. The molecule has 1 amide bonds. The minimum atomic E-state index is -1.11. The standard InChI is InChI=1S/C16H19NO5/c1-16(13(18)7-14(19)17-16)8-12(15(20)21)10-22-9-11-5-3-2-4-6-11/h2-6,12H,7-10H2,1H3,(H,17,19)(H,20,21). The molecule has 1 fully saturated rings. The largest absolute Gasteiger partial charge is 0.481 e. The molecule has 0 aliphatic carbocycles. The molecule has 0 bridgehead atoms. The minimum Gasteiger partial charge on any atom is -0.481 e. The van der Waals surface area contributed by atoms with Crippen molar-refractivity contribution in [1.29, 1.82) is 0 Å². The molecule has 0 saturated carbocycles. The van der Waals surface area contributed by atoms with Gasteiger partial charge in [0.2, 0.25) is 5.91 Å². The number of carboxylic acid groups (broad SMARTS) is 1. The number of hydrogen-bond acceptors (Lipinski definition) is 4. The van der Waals surface area contributed by atoms with Gasteiger partial charge in [0.25, 0.3) is 0 Å². The zero-order valence-electron chi connectivity index (χ0n) is 12.4. The second kappa shape index (κ2) is 6.70. The topological polar surface area (TPSA) is 92.7 Å². The number of rotatable bonds is 7. The lowest BCUT2D eigenvalue weighted by Gasteiger charge is -2.25. The number of carbonyl (C=O) groups is 3. The van der Waals surface area contributed by atoms with Crippen molar-refractivity contribution in [2.45, 2.75) is 31.9 Å². The van der Waals surface area contributed by atoms with Crippen LogP contribution in [0.25, 0.3) is 0 Å². The first-order valence-corrected chi connectivity index (χ1v) is 7.09. The molecule has 0 radical (unpaired) electrons. The summed E-state index contributed by atoms with van der Waals surface area (Å²) in [7, 11) is 0. The maximum atomic E-state index is 11.8. The van der Waals surface area contributed by atoms with Gasteiger partial charge in [-0.1, -0.05) is 30.3 Å². The van der Waals surface area contributed by atoms with Gasteiger partial charge in [-0.25, -0.2) is 0 Å². The summed E-state index contributed by atoms with van der Waals surface area (Å²) in [6.07, 6.45) is -0.157. The van der Waals surface area contributed by atoms with Gasteiger partial charge in [-0.3, -0.25) is 14.4 Å². The van der Waals surface area contributed by atoms with Crippen molar-refractivity contribution in [3.05, 3.63) is 35.9 Å². The molecule has 2 N–H and O–H groups in total. The van der Waals surface area contributed by atoms with Crippen LogP contribution in [0.15, 0.2) is 30.3 Å². The van der Waals surface area contributed by atoms with E-state index in [-0.39, 0.29) is 31.1 Å². The Bertz CT molecular complexity index is 571. The second-order valence-electron chi connectivity index (χ2n) is 5.72. The lowest BCUT2D eigenvalue weighted by molar-refractivity contribution is -0.145. The number of Topliss-reactive ketones (excluding diaryl/α,β-unsaturated/α-hetero) is 1. The van der Waals surface area contributed by atoms with Gasteiger partial charge in [0, 0.05) is 0 Å². The average molecular weight is 305 g/mol. The normalized spacial score (nSPS) is 22.4. The molecule has 2 atom stereocenters. The molecule has 1 saturated heterocycles. The molecule has 6 nitrogen and oxygen atoms in total. The highest BCUT2D eigenvalue weighted by molar-refractivity contribution is 6.10. The number of amides is 1. The third-order valence-electron chi connectivity index (χ3n) is 3.79. The highest BCUT2D eigenvalue weighted by atomic mass is 16.5. The molecule has 1 aliphatic rings. The van der Waals surface area contributed by atoms with E-state index in [2.05, 4.69) is 5.32 Å². The summed E-state index contributed by atoms with van der Waals surface area (Å²) in [6.45, 7) is 1.86. The predicted molar refractivity (Wildman–Crippen MR) is 78.0 cm³/mol. The van der Waals surface area contributed by atoms with Gasteiger partial charge in [-0.05, 0) is 18.9 Å². The Kier molecular flexibility index (Phi) is 4.92. The Labute approximate surface area is 128 Å². The summed E-state index contributed by atoms with van der Waals surface area (Å²) in [5.41, 5.74) is -0.168. The SMILES string of the molecule is CC1(CC(COCc2ccccc2)C(=O)O)NC(=O)CC1=O. The fraction of sp³-hybridized carbons (Fsp3) is 0.438. The zero-order chi connectivity index (χ0) is 16.2. The van der Waals surface area contributed by atoms with Gasteiger partial charge in [-0.15, -0.1) is 0 Å². The fourth-order valence-corrected chi connectivity index (χ4v) is 2.53. The first kappa shape index (κ1) is 16.2. The van der Waals surface area contributed by atoms with Crippen LogP contribution in [0.3, 0.4) is 0 Å². The maximum Gasteiger partial charge on any atom is 0.308 e. The average Bonchev–Trinajstić information content (AvgIpc) is 2.71. The highest BCUT2D eigenvalue weighted by Gasteiger charge is 2.44. The van der Waals surface area contributed by atoms with Crippen LogP contribution in [0.5, 0.6) is 0 Å². The zero-order valence-corrected chi connectivity index (χ0v) is 12.4. The van der Waals surface area contributed by atoms with Gasteiger partial charge in [0.1, 0.15) is 0 Å². The van der Waals surface area contributed by atoms with E-state index in [1.54, 1.807) is 6.92 Å². The number of aliphatic carboxylic acids is 1. The van der Waals surface area contributed by atoms with Gasteiger partial charge in [0.05, 0.1) is 31.1 Å². The summed E-state index contributed by atoms with van der Waals surface area (Å²) < 4.78 is 5.46. The van der Waals surface area contributed by atoms with Crippen molar-refractivity contribution in [2.75, 3.05) is 6.61 Å².